The molecule has 8 nitrogen and oxygen atoms in total. The quantitative estimate of drug-likeness (QED) is 0.517. The molecule has 2 aromatic carbocycles. The highest BCUT2D eigenvalue weighted by Crippen LogP contribution is 2.59. The minimum atomic E-state index is -1.49. The van der Waals surface area contributed by atoms with Crippen LogP contribution in [0.4, 0.5) is 10.5 Å². The lowest BCUT2D eigenvalue weighted by molar-refractivity contribution is -0.148. The summed E-state index contributed by atoms with van der Waals surface area (Å²) in [5.41, 5.74) is -1.14. The van der Waals surface area contributed by atoms with E-state index in [4.69, 9.17) is 4.74 Å². The molecule has 3 unspecified atom stereocenters. The lowest BCUT2D eigenvalue weighted by Gasteiger charge is -2.36. The molecule has 0 spiro atoms. The van der Waals surface area contributed by atoms with Gasteiger partial charge in [0.1, 0.15) is 11.3 Å². The van der Waals surface area contributed by atoms with Crippen molar-refractivity contribution >= 4 is 29.4 Å². The highest BCUT2D eigenvalue weighted by atomic mass is 16.5. The fourth-order valence-corrected chi connectivity index (χ4v) is 5.80. The molecule has 5 amide bonds. The number of amides is 5. The molecule has 8 heteroatoms. The van der Waals surface area contributed by atoms with E-state index in [0.29, 0.717) is 17.0 Å². The van der Waals surface area contributed by atoms with Crippen LogP contribution in [0, 0.1) is 11.8 Å². The van der Waals surface area contributed by atoms with Crippen LogP contribution in [0.1, 0.15) is 39.3 Å². The summed E-state index contributed by atoms with van der Waals surface area (Å²) >= 11 is 0. The number of ether oxygens (including phenoxy) is 1. The number of hydrogen-bond donors (Lipinski definition) is 0. The van der Waals surface area contributed by atoms with Gasteiger partial charge in [0.15, 0.2) is 0 Å². The second kappa shape index (κ2) is 7.16. The topological polar surface area (TPSA) is 87.2 Å². The number of nitrogens with zero attached hydrogens (tertiary/aromatic N) is 3. The van der Waals surface area contributed by atoms with E-state index in [2.05, 4.69) is 0 Å². The summed E-state index contributed by atoms with van der Waals surface area (Å²) in [5.74, 6) is -2.46. The van der Waals surface area contributed by atoms with Crippen LogP contribution in [-0.4, -0.2) is 51.7 Å². The normalized spacial score (nSPS) is 28.6. The molecular formula is C26H27N3O5. The van der Waals surface area contributed by atoms with Gasteiger partial charge in [-0.15, -0.1) is 0 Å². The molecule has 2 aromatic rings. The van der Waals surface area contributed by atoms with Gasteiger partial charge >= 0.3 is 6.03 Å². The number of urea groups is 1. The van der Waals surface area contributed by atoms with Crippen LogP contribution < -0.4 is 9.64 Å². The molecule has 0 aromatic heterocycles. The first-order valence-electron chi connectivity index (χ1n) is 11.3. The molecule has 0 N–H and O–H groups in total. The maximum absolute atomic E-state index is 13.9. The molecule has 3 saturated heterocycles. The molecular weight excluding hydrogens is 434 g/mol. The van der Waals surface area contributed by atoms with Crippen LogP contribution in [0.25, 0.3) is 0 Å². The second-order valence-electron chi connectivity index (χ2n) is 10.2. The summed E-state index contributed by atoms with van der Waals surface area (Å²) in [6.45, 7) is 7.01. The van der Waals surface area contributed by atoms with E-state index in [1.807, 2.05) is 0 Å². The average Bonchev–Trinajstić information content (AvgIpc) is 3.31. The van der Waals surface area contributed by atoms with E-state index < -0.39 is 46.8 Å². The van der Waals surface area contributed by atoms with Crippen LogP contribution in [0.15, 0.2) is 54.6 Å². The number of hydrogen-bond acceptors (Lipinski definition) is 5. The van der Waals surface area contributed by atoms with E-state index in [0.717, 1.165) is 4.90 Å². The number of carbonyl (C=O) groups excluding carboxylic acids is 4. The predicted molar refractivity (Wildman–Crippen MR) is 124 cm³/mol. The van der Waals surface area contributed by atoms with Gasteiger partial charge in [0.05, 0.1) is 30.7 Å². The van der Waals surface area contributed by atoms with E-state index in [-0.39, 0.29) is 5.91 Å². The first-order chi connectivity index (χ1) is 16.0. The number of para-hydroxylation sites is 1. The first-order valence-corrected chi connectivity index (χ1v) is 11.3. The molecule has 0 radical (unpaired) electrons. The van der Waals surface area contributed by atoms with Crippen molar-refractivity contribution in [3.05, 3.63) is 60.2 Å². The molecule has 3 aliphatic rings. The van der Waals surface area contributed by atoms with Gasteiger partial charge in [0, 0.05) is 5.54 Å². The third-order valence-electron chi connectivity index (χ3n) is 7.25. The molecule has 3 aliphatic heterocycles. The standard InChI is InChI=1S/C26H27N3O5/c1-25(2,3)29-21(30)18-19(22(29)31)26(4)23(32)27(16-9-7-6-8-10-16)24(33)28(26)20(18)15-11-13-17(34-5)14-12-15/h6-14,18-20H,1-5H3/t18?,19?,20?,26-/m1/s1. The van der Waals surface area contributed by atoms with Crippen molar-refractivity contribution in [3.8, 4) is 5.75 Å². The monoisotopic (exact) mass is 461 g/mol. The zero-order valence-electron chi connectivity index (χ0n) is 19.8. The van der Waals surface area contributed by atoms with Crippen LogP contribution in [-0.2, 0) is 14.4 Å². The maximum atomic E-state index is 13.9. The van der Waals surface area contributed by atoms with E-state index >= 15 is 0 Å². The number of benzene rings is 2. The number of fused-ring (bicyclic) bond motifs is 3. The van der Waals surface area contributed by atoms with Crippen molar-refractivity contribution in [2.45, 2.75) is 44.8 Å². The highest BCUT2D eigenvalue weighted by Gasteiger charge is 2.76. The molecule has 0 aliphatic carbocycles. The smallest absolute Gasteiger partial charge is 0.332 e. The van der Waals surface area contributed by atoms with Crippen molar-refractivity contribution in [1.82, 2.24) is 9.80 Å². The molecule has 34 heavy (non-hydrogen) atoms. The minimum absolute atomic E-state index is 0.356. The van der Waals surface area contributed by atoms with Crippen LogP contribution in [0.3, 0.4) is 0 Å². The number of methoxy groups -OCH3 is 1. The van der Waals surface area contributed by atoms with Crippen molar-refractivity contribution in [2.24, 2.45) is 11.8 Å². The lowest BCUT2D eigenvalue weighted by Crippen LogP contribution is -2.54. The maximum Gasteiger partial charge on any atom is 0.332 e. The molecule has 3 heterocycles. The van der Waals surface area contributed by atoms with Crippen LogP contribution in [0.2, 0.25) is 0 Å². The summed E-state index contributed by atoms with van der Waals surface area (Å²) in [5, 5.41) is 0. The highest BCUT2D eigenvalue weighted by molar-refractivity contribution is 6.26. The Morgan fingerprint density at radius 2 is 1.50 bits per heavy atom. The Balaban J connectivity index is 1.71. The second-order valence-corrected chi connectivity index (χ2v) is 10.2. The summed E-state index contributed by atoms with van der Waals surface area (Å²) in [6, 6.07) is 14.4. The van der Waals surface area contributed by atoms with Gasteiger partial charge in [-0.05, 0) is 57.5 Å². The summed E-state index contributed by atoms with van der Waals surface area (Å²) in [6.07, 6.45) is 0. The van der Waals surface area contributed by atoms with Crippen molar-refractivity contribution < 1.29 is 23.9 Å². The first kappa shape index (κ1) is 22.1. The van der Waals surface area contributed by atoms with Crippen LogP contribution in [0.5, 0.6) is 5.75 Å². The fraction of sp³-hybridized carbons (Fsp3) is 0.385. The summed E-state index contributed by atoms with van der Waals surface area (Å²) < 4.78 is 5.27. The Bertz CT molecular complexity index is 1200. The van der Waals surface area contributed by atoms with Gasteiger partial charge in [-0.1, -0.05) is 30.3 Å². The Morgan fingerprint density at radius 1 is 0.882 bits per heavy atom. The van der Waals surface area contributed by atoms with Gasteiger partial charge in [0.25, 0.3) is 5.91 Å². The van der Waals surface area contributed by atoms with Crippen molar-refractivity contribution in [2.75, 3.05) is 12.0 Å². The van der Waals surface area contributed by atoms with E-state index in [1.165, 1.54) is 9.80 Å². The Kier molecular flexibility index (Phi) is 4.66. The molecule has 0 saturated carbocycles. The number of likely N-dealkylation sites (tertiary alicyclic amines) is 1. The van der Waals surface area contributed by atoms with Gasteiger partial charge in [0.2, 0.25) is 11.8 Å². The Labute approximate surface area is 198 Å². The van der Waals surface area contributed by atoms with E-state index in [9.17, 15) is 19.2 Å². The zero-order chi connectivity index (χ0) is 24.6. The van der Waals surface area contributed by atoms with E-state index in [1.54, 1.807) is 89.4 Å². The van der Waals surface area contributed by atoms with Gasteiger partial charge in [-0.25, -0.2) is 9.69 Å². The van der Waals surface area contributed by atoms with Gasteiger partial charge < -0.3 is 9.64 Å². The molecule has 176 valence electrons. The number of imide groups is 2. The fourth-order valence-electron chi connectivity index (χ4n) is 5.80. The summed E-state index contributed by atoms with van der Waals surface area (Å²) in [4.78, 5) is 59.0. The molecule has 5 rings (SSSR count). The number of anilines is 1. The van der Waals surface area contributed by atoms with Gasteiger partial charge in [-0.2, -0.15) is 0 Å². The van der Waals surface area contributed by atoms with Gasteiger partial charge in [-0.3, -0.25) is 19.3 Å². The van der Waals surface area contributed by atoms with Crippen LogP contribution >= 0.6 is 0 Å². The Morgan fingerprint density at radius 3 is 2.06 bits per heavy atom. The Hall–Kier alpha value is -3.68. The SMILES string of the molecule is COc1ccc(C2C3C(=O)N(C(C)(C)C)C(=O)C3[C@]3(C)C(=O)N(c4ccccc4)C(=O)N23)cc1. The third-order valence-corrected chi connectivity index (χ3v) is 7.25. The van der Waals surface area contributed by atoms with Crippen molar-refractivity contribution in [1.29, 1.82) is 0 Å². The summed E-state index contributed by atoms with van der Waals surface area (Å²) in [7, 11) is 1.55. The molecule has 4 atom stereocenters. The van der Waals surface area contributed by atoms with Crippen molar-refractivity contribution in [3.63, 3.8) is 0 Å². The lowest BCUT2D eigenvalue weighted by atomic mass is 9.79. The third kappa shape index (κ3) is 2.71. The zero-order valence-corrected chi connectivity index (χ0v) is 19.8. The number of rotatable bonds is 3. The molecule has 0 bridgehead atoms. The predicted octanol–water partition coefficient (Wildman–Crippen LogP) is 3.38. The average molecular weight is 462 g/mol. The number of carbonyl (C=O) groups is 4. The largest absolute Gasteiger partial charge is 0.497 e. The minimum Gasteiger partial charge on any atom is -0.497 e. The molecule has 3 fully saturated rings.